The van der Waals surface area contributed by atoms with Crippen LogP contribution in [0.3, 0.4) is 0 Å². The van der Waals surface area contributed by atoms with Crippen molar-refractivity contribution in [2.24, 2.45) is 0 Å². The van der Waals surface area contributed by atoms with Gasteiger partial charge in [-0.2, -0.15) is 11.8 Å². The number of piperidine rings is 1. The number of rotatable bonds is 7. The summed E-state index contributed by atoms with van der Waals surface area (Å²) >= 11 is 1.95. The molecule has 0 amide bonds. The number of thioether (sulfide) groups is 1. The molecule has 1 aromatic rings. The van der Waals surface area contributed by atoms with E-state index in [1.807, 2.05) is 18.1 Å². The van der Waals surface area contributed by atoms with Gasteiger partial charge in [0.1, 0.15) is 0 Å². The van der Waals surface area contributed by atoms with Crippen LogP contribution in [-0.4, -0.2) is 34.6 Å². The van der Waals surface area contributed by atoms with E-state index < -0.39 is 0 Å². The fraction of sp³-hybridized carbons (Fsp3) is 0.800. The average molecular weight is 281 g/mol. The fourth-order valence-electron chi connectivity index (χ4n) is 2.94. The summed E-state index contributed by atoms with van der Waals surface area (Å²) < 4.78 is 2.39. The minimum Gasteiger partial charge on any atom is -0.334 e. The number of imidazole rings is 1. The van der Waals surface area contributed by atoms with Gasteiger partial charge in [0, 0.05) is 23.9 Å². The van der Waals surface area contributed by atoms with Crippen molar-refractivity contribution in [3.05, 3.63) is 18.2 Å². The smallest absolute Gasteiger partial charge is 0.0948 e. The molecular weight excluding hydrogens is 254 g/mol. The third kappa shape index (κ3) is 3.99. The number of hydrogen-bond donors (Lipinski definition) is 1. The first kappa shape index (κ1) is 14.9. The normalized spacial score (nSPS) is 18.6. The number of nitrogens with zero attached hydrogens (tertiary/aromatic N) is 2. The van der Waals surface area contributed by atoms with Crippen LogP contribution < -0.4 is 5.32 Å². The standard InChI is InChI=1S/C15H27N3S/c1-15(6-8-16-9-7-15)14-12-17-13-18(14)10-4-3-5-11-19-2/h12-13,16H,3-11H2,1-2H3. The van der Waals surface area contributed by atoms with Gasteiger partial charge in [-0.3, -0.25) is 0 Å². The summed E-state index contributed by atoms with van der Waals surface area (Å²) in [5, 5.41) is 3.46. The molecular formula is C15H27N3S. The molecule has 0 atom stereocenters. The number of hydrogen-bond acceptors (Lipinski definition) is 3. The summed E-state index contributed by atoms with van der Waals surface area (Å²) in [5.41, 5.74) is 1.76. The minimum atomic E-state index is 0.320. The van der Waals surface area contributed by atoms with Crippen LogP contribution in [0.4, 0.5) is 0 Å². The fourth-order valence-corrected chi connectivity index (χ4v) is 3.43. The summed E-state index contributed by atoms with van der Waals surface area (Å²) in [7, 11) is 0. The molecule has 2 rings (SSSR count). The molecule has 3 nitrogen and oxygen atoms in total. The van der Waals surface area contributed by atoms with Crippen molar-refractivity contribution in [1.82, 2.24) is 14.9 Å². The highest BCUT2D eigenvalue weighted by Crippen LogP contribution is 2.32. The monoisotopic (exact) mass is 281 g/mol. The second-order valence-electron chi connectivity index (χ2n) is 5.84. The van der Waals surface area contributed by atoms with Crippen LogP contribution in [0.15, 0.2) is 12.5 Å². The maximum Gasteiger partial charge on any atom is 0.0948 e. The number of nitrogens with one attached hydrogen (secondary N) is 1. The third-order valence-corrected chi connectivity index (χ3v) is 4.98. The van der Waals surface area contributed by atoms with Crippen LogP contribution in [0, 0.1) is 0 Å². The van der Waals surface area contributed by atoms with Gasteiger partial charge in [-0.1, -0.05) is 13.3 Å². The molecule has 1 N–H and O–H groups in total. The molecule has 108 valence electrons. The van der Waals surface area contributed by atoms with Crippen molar-refractivity contribution >= 4 is 11.8 Å². The summed E-state index contributed by atoms with van der Waals surface area (Å²) in [5.74, 6) is 1.29. The Morgan fingerprint density at radius 3 is 2.84 bits per heavy atom. The van der Waals surface area contributed by atoms with Crippen molar-refractivity contribution in [3.63, 3.8) is 0 Å². The van der Waals surface area contributed by atoms with Crippen LogP contribution in [0.5, 0.6) is 0 Å². The van der Waals surface area contributed by atoms with E-state index in [2.05, 4.69) is 34.2 Å². The van der Waals surface area contributed by atoms with E-state index in [-0.39, 0.29) is 0 Å². The molecule has 1 saturated heterocycles. The van der Waals surface area contributed by atoms with Crippen LogP contribution in [-0.2, 0) is 12.0 Å². The lowest BCUT2D eigenvalue weighted by Crippen LogP contribution is -2.39. The lowest BCUT2D eigenvalue weighted by molar-refractivity contribution is 0.315. The Bertz CT molecular complexity index is 369. The molecule has 0 radical (unpaired) electrons. The second kappa shape index (κ2) is 7.34. The summed E-state index contributed by atoms with van der Waals surface area (Å²) in [6, 6.07) is 0. The summed E-state index contributed by atoms with van der Waals surface area (Å²) in [6.07, 6.45) is 12.7. The largest absolute Gasteiger partial charge is 0.334 e. The second-order valence-corrected chi connectivity index (χ2v) is 6.82. The quantitative estimate of drug-likeness (QED) is 0.779. The number of aryl methyl sites for hydroxylation is 1. The zero-order chi connectivity index (χ0) is 13.6. The maximum absolute atomic E-state index is 4.40. The highest BCUT2D eigenvalue weighted by atomic mass is 32.2. The minimum absolute atomic E-state index is 0.320. The highest BCUT2D eigenvalue weighted by molar-refractivity contribution is 7.98. The first-order valence-electron chi connectivity index (χ1n) is 7.46. The van der Waals surface area contributed by atoms with Gasteiger partial charge >= 0.3 is 0 Å². The Balaban J connectivity index is 1.89. The molecule has 1 fully saturated rings. The van der Waals surface area contributed by atoms with Crippen LogP contribution in [0.25, 0.3) is 0 Å². The molecule has 4 heteroatoms. The van der Waals surface area contributed by atoms with E-state index in [9.17, 15) is 0 Å². The Labute approximate surface area is 121 Å². The Hall–Kier alpha value is -0.480. The lowest BCUT2D eigenvalue weighted by Gasteiger charge is -2.34. The molecule has 0 unspecified atom stereocenters. The van der Waals surface area contributed by atoms with E-state index in [1.54, 1.807) is 0 Å². The molecule has 0 aliphatic carbocycles. The SMILES string of the molecule is CSCCCCCn1cncc1C1(C)CCNCC1. The summed E-state index contributed by atoms with van der Waals surface area (Å²) in [6.45, 7) is 5.80. The molecule has 2 heterocycles. The molecule has 0 saturated carbocycles. The molecule has 19 heavy (non-hydrogen) atoms. The van der Waals surface area contributed by atoms with Gasteiger partial charge < -0.3 is 9.88 Å². The van der Waals surface area contributed by atoms with E-state index in [0.29, 0.717) is 5.41 Å². The van der Waals surface area contributed by atoms with Crippen molar-refractivity contribution in [2.75, 3.05) is 25.1 Å². The van der Waals surface area contributed by atoms with Gasteiger partial charge in [0.15, 0.2) is 0 Å². The Morgan fingerprint density at radius 1 is 1.32 bits per heavy atom. The van der Waals surface area contributed by atoms with Crippen molar-refractivity contribution < 1.29 is 0 Å². The van der Waals surface area contributed by atoms with Crippen LogP contribution >= 0.6 is 11.8 Å². The topological polar surface area (TPSA) is 29.9 Å². The molecule has 0 aromatic carbocycles. The van der Waals surface area contributed by atoms with Crippen molar-refractivity contribution in [2.45, 2.75) is 51.0 Å². The molecule has 0 spiro atoms. The van der Waals surface area contributed by atoms with Crippen molar-refractivity contribution in [3.8, 4) is 0 Å². The van der Waals surface area contributed by atoms with Crippen molar-refractivity contribution in [1.29, 1.82) is 0 Å². The van der Waals surface area contributed by atoms with Gasteiger partial charge in [-0.05, 0) is 50.8 Å². The highest BCUT2D eigenvalue weighted by Gasteiger charge is 2.31. The van der Waals surface area contributed by atoms with Gasteiger partial charge in [-0.25, -0.2) is 4.98 Å². The lowest BCUT2D eigenvalue weighted by atomic mass is 9.78. The van der Waals surface area contributed by atoms with Gasteiger partial charge in [-0.15, -0.1) is 0 Å². The number of unbranched alkanes of at least 4 members (excludes halogenated alkanes) is 2. The Morgan fingerprint density at radius 2 is 2.11 bits per heavy atom. The maximum atomic E-state index is 4.40. The molecule has 0 bridgehead atoms. The molecule has 1 aliphatic heterocycles. The van der Waals surface area contributed by atoms with E-state index in [1.165, 1.54) is 43.6 Å². The average Bonchev–Trinajstić information content (AvgIpc) is 2.89. The van der Waals surface area contributed by atoms with Gasteiger partial charge in [0.25, 0.3) is 0 Å². The van der Waals surface area contributed by atoms with Gasteiger partial charge in [0.05, 0.1) is 6.33 Å². The van der Waals surface area contributed by atoms with Gasteiger partial charge in [0.2, 0.25) is 0 Å². The van der Waals surface area contributed by atoms with Crippen LogP contribution in [0.1, 0.15) is 44.7 Å². The predicted octanol–water partition coefficient (Wildman–Crippen LogP) is 3.06. The molecule has 1 aliphatic rings. The Kier molecular flexibility index (Phi) is 5.76. The third-order valence-electron chi connectivity index (χ3n) is 4.29. The zero-order valence-electron chi connectivity index (χ0n) is 12.3. The zero-order valence-corrected chi connectivity index (χ0v) is 13.1. The first-order valence-corrected chi connectivity index (χ1v) is 8.86. The number of aromatic nitrogens is 2. The molecule has 1 aromatic heterocycles. The first-order chi connectivity index (χ1) is 9.26. The predicted molar refractivity (Wildman–Crippen MR) is 83.9 cm³/mol. The van der Waals surface area contributed by atoms with E-state index in [0.717, 1.165) is 19.6 Å². The van der Waals surface area contributed by atoms with E-state index in [4.69, 9.17) is 0 Å². The van der Waals surface area contributed by atoms with E-state index >= 15 is 0 Å². The summed E-state index contributed by atoms with van der Waals surface area (Å²) in [4.78, 5) is 4.40. The van der Waals surface area contributed by atoms with Crippen LogP contribution in [0.2, 0.25) is 0 Å².